The molecule has 0 spiro atoms. The van der Waals surface area contributed by atoms with Crippen LogP contribution in [0.1, 0.15) is 34.2 Å². The second kappa shape index (κ2) is 8.26. The summed E-state index contributed by atoms with van der Waals surface area (Å²) >= 11 is 0. The highest BCUT2D eigenvalue weighted by molar-refractivity contribution is 5.95. The van der Waals surface area contributed by atoms with Crippen LogP contribution in [0.2, 0.25) is 0 Å². The molecule has 0 saturated carbocycles. The number of alkyl halides is 3. The fourth-order valence-corrected chi connectivity index (χ4v) is 3.40. The van der Waals surface area contributed by atoms with Crippen molar-refractivity contribution in [2.75, 3.05) is 6.61 Å². The van der Waals surface area contributed by atoms with Crippen LogP contribution >= 0.6 is 0 Å². The molecule has 0 fully saturated rings. The molecule has 0 amide bonds. The van der Waals surface area contributed by atoms with Crippen LogP contribution in [-0.4, -0.2) is 17.6 Å². The van der Waals surface area contributed by atoms with Crippen molar-refractivity contribution >= 4 is 16.9 Å². The zero-order valence-corrected chi connectivity index (χ0v) is 16.6. The molecular formula is C24H18F3NO3. The average molecular weight is 425 g/mol. The Bertz CT molecular complexity index is 1240. The smallest absolute Gasteiger partial charge is 0.416 e. The predicted octanol–water partition coefficient (Wildman–Crippen LogP) is 6.28. The molecule has 0 aliphatic heterocycles. The van der Waals surface area contributed by atoms with Gasteiger partial charge >= 0.3 is 12.1 Å². The maximum atomic E-state index is 13.0. The minimum atomic E-state index is -4.40. The Morgan fingerprint density at radius 3 is 2.65 bits per heavy atom. The summed E-state index contributed by atoms with van der Waals surface area (Å²) in [5.41, 5.74) is 2.09. The van der Waals surface area contributed by atoms with Gasteiger partial charge in [-0.15, -0.1) is 0 Å². The number of rotatable bonds is 5. The summed E-state index contributed by atoms with van der Waals surface area (Å²) in [6.45, 7) is 2.01. The number of pyridine rings is 1. The van der Waals surface area contributed by atoms with Crippen molar-refractivity contribution in [3.05, 3.63) is 89.3 Å². The second-order valence-electron chi connectivity index (χ2n) is 6.96. The first kappa shape index (κ1) is 20.7. The van der Waals surface area contributed by atoms with Crippen molar-refractivity contribution in [3.8, 4) is 11.3 Å². The van der Waals surface area contributed by atoms with Crippen LogP contribution in [0.25, 0.3) is 22.2 Å². The maximum Gasteiger partial charge on any atom is 0.416 e. The Balaban J connectivity index is 1.69. The third-order valence-electron chi connectivity index (χ3n) is 4.78. The van der Waals surface area contributed by atoms with Crippen molar-refractivity contribution in [1.29, 1.82) is 0 Å². The van der Waals surface area contributed by atoms with Crippen molar-refractivity contribution < 1.29 is 27.1 Å². The van der Waals surface area contributed by atoms with Crippen LogP contribution in [0.3, 0.4) is 0 Å². The zero-order valence-electron chi connectivity index (χ0n) is 16.6. The molecule has 0 radical (unpaired) electrons. The van der Waals surface area contributed by atoms with Gasteiger partial charge in [0.25, 0.3) is 0 Å². The Hall–Kier alpha value is -3.61. The molecule has 0 aliphatic rings. The van der Waals surface area contributed by atoms with E-state index in [1.54, 1.807) is 49.5 Å². The molecule has 0 N–H and O–H groups in total. The van der Waals surface area contributed by atoms with Crippen molar-refractivity contribution in [1.82, 2.24) is 4.98 Å². The lowest BCUT2D eigenvalue weighted by Crippen LogP contribution is -2.05. The summed E-state index contributed by atoms with van der Waals surface area (Å²) in [6.07, 6.45) is -2.60. The van der Waals surface area contributed by atoms with Gasteiger partial charge in [-0.05, 0) is 42.8 Å². The number of fused-ring (bicyclic) bond motifs is 1. The monoisotopic (exact) mass is 425 g/mol. The third kappa shape index (κ3) is 4.45. The number of aromatic nitrogens is 1. The summed E-state index contributed by atoms with van der Waals surface area (Å²) < 4.78 is 49.9. The number of ether oxygens (including phenoxy) is 1. The molecule has 31 heavy (non-hydrogen) atoms. The predicted molar refractivity (Wildman–Crippen MR) is 110 cm³/mol. The van der Waals surface area contributed by atoms with Crippen LogP contribution in [0.15, 0.2) is 71.3 Å². The number of hydrogen-bond donors (Lipinski definition) is 0. The van der Waals surface area contributed by atoms with Gasteiger partial charge in [-0.25, -0.2) is 4.79 Å². The number of carbonyl (C=O) groups excluding carboxylic acids is 1. The number of nitrogens with zero attached hydrogens (tertiary/aromatic N) is 1. The first-order valence-corrected chi connectivity index (χ1v) is 9.66. The second-order valence-corrected chi connectivity index (χ2v) is 6.96. The molecule has 2 aromatic carbocycles. The maximum absolute atomic E-state index is 13.0. The van der Waals surface area contributed by atoms with E-state index in [0.29, 0.717) is 39.1 Å². The van der Waals surface area contributed by atoms with Gasteiger partial charge in [0.2, 0.25) is 0 Å². The van der Waals surface area contributed by atoms with Gasteiger partial charge in [-0.1, -0.05) is 30.3 Å². The van der Waals surface area contributed by atoms with E-state index >= 15 is 0 Å². The zero-order chi connectivity index (χ0) is 22.0. The Morgan fingerprint density at radius 2 is 1.87 bits per heavy atom. The summed E-state index contributed by atoms with van der Waals surface area (Å²) in [7, 11) is 0. The molecule has 158 valence electrons. The molecule has 0 aliphatic carbocycles. The number of benzene rings is 2. The van der Waals surface area contributed by atoms with Gasteiger partial charge in [0.15, 0.2) is 0 Å². The molecule has 7 heteroatoms. The minimum Gasteiger partial charge on any atom is -0.462 e. The van der Waals surface area contributed by atoms with Gasteiger partial charge in [-0.2, -0.15) is 13.2 Å². The molecule has 0 bridgehead atoms. The standard InChI is InChI=1S/C24H18F3NO3/c1-2-30-23(29)17-7-4-6-16(13-17)22-20-14-19(31-21(20)9-10-28-22)12-15-5-3-8-18(11-15)24(25,26)27/h3-11,13-14H,2,12H2,1H3. The fourth-order valence-electron chi connectivity index (χ4n) is 3.40. The van der Waals surface area contributed by atoms with E-state index in [9.17, 15) is 18.0 Å². The van der Waals surface area contributed by atoms with Gasteiger partial charge < -0.3 is 9.15 Å². The minimum absolute atomic E-state index is 0.209. The average Bonchev–Trinajstić information content (AvgIpc) is 3.16. The van der Waals surface area contributed by atoms with E-state index in [-0.39, 0.29) is 13.0 Å². The molecule has 0 atom stereocenters. The molecule has 0 unspecified atom stereocenters. The van der Waals surface area contributed by atoms with Crippen LogP contribution in [0.4, 0.5) is 13.2 Å². The van der Waals surface area contributed by atoms with Gasteiger partial charge in [0.05, 0.1) is 23.4 Å². The van der Waals surface area contributed by atoms with Crippen LogP contribution in [0.5, 0.6) is 0 Å². The fraction of sp³-hybridized carbons (Fsp3) is 0.167. The largest absolute Gasteiger partial charge is 0.462 e. The first-order chi connectivity index (χ1) is 14.8. The van der Waals surface area contributed by atoms with E-state index in [0.717, 1.165) is 12.1 Å². The molecular weight excluding hydrogens is 407 g/mol. The molecule has 0 saturated heterocycles. The lowest BCUT2D eigenvalue weighted by molar-refractivity contribution is -0.137. The van der Waals surface area contributed by atoms with E-state index < -0.39 is 17.7 Å². The normalized spacial score (nSPS) is 11.6. The summed E-state index contributed by atoms with van der Waals surface area (Å²) in [5, 5.41) is 0.713. The van der Waals surface area contributed by atoms with Gasteiger partial charge in [-0.3, -0.25) is 4.98 Å². The van der Waals surface area contributed by atoms with Gasteiger partial charge in [0, 0.05) is 23.6 Å². The number of esters is 1. The Kier molecular flexibility index (Phi) is 5.50. The lowest BCUT2D eigenvalue weighted by Gasteiger charge is -2.07. The highest BCUT2D eigenvalue weighted by atomic mass is 19.4. The highest BCUT2D eigenvalue weighted by Crippen LogP contribution is 2.32. The molecule has 4 rings (SSSR count). The molecule has 4 nitrogen and oxygen atoms in total. The Morgan fingerprint density at radius 1 is 1.06 bits per heavy atom. The summed E-state index contributed by atoms with van der Waals surface area (Å²) in [4.78, 5) is 16.5. The van der Waals surface area contributed by atoms with Crippen LogP contribution in [-0.2, 0) is 17.3 Å². The van der Waals surface area contributed by atoms with E-state index in [1.165, 1.54) is 6.07 Å². The number of carbonyl (C=O) groups is 1. The topological polar surface area (TPSA) is 52.3 Å². The summed E-state index contributed by atoms with van der Waals surface area (Å²) in [6, 6.07) is 15.6. The third-order valence-corrected chi connectivity index (χ3v) is 4.78. The molecule has 4 aromatic rings. The highest BCUT2D eigenvalue weighted by Gasteiger charge is 2.30. The quantitative estimate of drug-likeness (QED) is 0.353. The first-order valence-electron chi connectivity index (χ1n) is 9.66. The lowest BCUT2D eigenvalue weighted by atomic mass is 10.0. The summed E-state index contributed by atoms with van der Waals surface area (Å²) in [5.74, 6) is 0.0964. The van der Waals surface area contributed by atoms with E-state index in [4.69, 9.17) is 9.15 Å². The van der Waals surface area contributed by atoms with Crippen LogP contribution < -0.4 is 0 Å². The van der Waals surface area contributed by atoms with E-state index in [1.807, 2.05) is 6.07 Å². The van der Waals surface area contributed by atoms with E-state index in [2.05, 4.69) is 4.98 Å². The van der Waals surface area contributed by atoms with Crippen LogP contribution in [0, 0.1) is 0 Å². The number of halogens is 3. The molecule has 2 aromatic heterocycles. The Labute approximate surface area is 176 Å². The van der Waals surface area contributed by atoms with Gasteiger partial charge in [0.1, 0.15) is 11.3 Å². The van der Waals surface area contributed by atoms with Crippen molar-refractivity contribution in [3.63, 3.8) is 0 Å². The number of furan rings is 1. The number of hydrogen-bond acceptors (Lipinski definition) is 4. The van der Waals surface area contributed by atoms with Crippen molar-refractivity contribution in [2.24, 2.45) is 0 Å². The SMILES string of the molecule is CCOC(=O)c1cccc(-c2nccc3oc(Cc4cccc(C(F)(F)F)c4)cc23)c1. The molecule has 2 heterocycles. The van der Waals surface area contributed by atoms with Crippen molar-refractivity contribution in [2.45, 2.75) is 19.5 Å².